The monoisotopic (exact) mass is 380 g/mol. The number of hydrogen-bond acceptors (Lipinski definition) is 3. The number of piperidine rings is 1. The van der Waals surface area contributed by atoms with Crippen LogP contribution in [0.2, 0.25) is 0 Å². The number of carbonyl (C=O) groups excluding carboxylic acids is 2. The lowest BCUT2D eigenvalue weighted by Gasteiger charge is -2.34. The first-order valence-electron chi connectivity index (χ1n) is 9.37. The first kappa shape index (κ1) is 19.6. The molecule has 1 atom stereocenters. The Kier molecular flexibility index (Phi) is 6.09. The fourth-order valence-corrected chi connectivity index (χ4v) is 3.54. The highest BCUT2D eigenvalue weighted by Crippen LogP contribution is 2.21. The van der Waals surface area contributed by atoms with Gasteiger partial charge in [0.05, 0.1) is 11.5 Å². The van der Waals surface area contributed by atoms with E-state index in [0.717, 1.165) is 18.4 Å². The molecule has 6 nitrogen and oxygen atoms in total. The summed E-state index contributed by atoms with van der Waals surface area (Å²) in [7, 11) is 1.74. The van der Waals surface area contributed by atoms with Crippen LogP contribution in [0.4, 0.5) is 0 Å². The molecule has 0 spiro atoms. The molecule has 1 aliphatic heterocycles. The molecule has 6 heteroatoms. The van der Waals surface area contributed by atoms with Crippen LogP contribution in [0, 0.1) is 5.92 Å². The summed E-state index contributed by atoms with van der Waals surface area (Å²) in [5.74, 6) is -1.22. The summed E-state index contributed by atoms with van der Waals surface area (Å²) < 4.78 is 0. The predicted octanol–water partition coefficient (Wildman–Crippen LogP) is 2.90. The molecule has 0 radical (unpaired) electrons. The number of carboxylic acid groups (broad SMARTS) is 1. The molecule has 1 fully saturated rings. The van der Waals surface area contributed by atoms with Gasteiger partial charge in [-0.05, 0) is 42.7 Å². The molecule has 2 aromatic carbocycles. The summed E-state index contributed by atoms with van der Waals surface area (Å²) in [4.78, 5) is 39.9. The Labute approximate surface area is 164 Å². The van der Waals surface area contributed by atoms with E-state index >= 15 is 0 Å². The molecule has 3 rings (SSSR count). The Bertz CT molecular complexity index is 849. The molecule has 0 aliphatic carbocycles. The summed E-state index contributed by atoms with van der Waals surface area (Å²) in [6.07, 6.45) is 1.57. The SMILES string of the molecule is CN(Cc1ccc(C(=O)O)cc1)C(=O)C1CCCN(C(=O)c2ccccc2)C1. The second-order valence-electron chi connectivity index (χ2n) is 7.15. The van der Waals surface area contributed by atoms with Gasteiger partial charge in [-0.3, -0.25) is 9.59 Å². The number of likely N-dealkylation sites (tertiary alicyclic amines) is 1. The maximum absolute atomic E-state index is 12.9. The largest absolute Gasteiger partial charge is 0.478 e. The number of carbonyl (C=O) groups is 3. The first-order valence-corrected chi connectivity index (χ1v) is 9.37. The lowest BCUT2D eigenvalue weighted by atomic mass is 9.95. The van der Waals surface area contributed by atoms with E-state index in [-0.39, 0.29) is 23.3 Å². The van der Waals surface area contributed by atoms with E-state index in [0.29, 0.717) is 25.2 Å². The molecule has 0 saturated carbocycles. The van der Waals surface area contributed by atoms with Crippen LogP contribution in [0.1, 0.15) is 39.1 Å². The van der Waals surface area contributed by atoms with Crippen molar-refractivity contribution >= 4 is 17.8 Å². The fraction of sp³-hybridized carbons (Fsp3) is 0.318. The van der Waals surface area contributed by atoms with E-state index in [1.54, 1.807) is 41.1 Å². The number of hydrogen-bond donors (Lipinski definition) is 1. The second kappa shape index (κ2) is 8.69. The molecule has 146 valence electrons. The molecule has 1 unspecified atom stereocenters. The van der Waals surface area contributed by atoms with E-state index < -0.39 is 5.97 Å². The predicted molar refractivity (Wildman–Crippen MR) is 105 cm³/mol. The van der Waals surface area contributed by atoms with Crippen LogP contribution in [0.15, 0.2) is 54.6 Å². The van der Waals surface area contributed by atoms with E-state index in [1.807, 2.05) is 18.2 Å². The lowest BCUT2D eigenvalue weighted by molar-refractivity contribution is -0.136. The fourth-order valence-electron chi connectivity index (χ4n) is 3.54. The minimum atomic E-state index is -0.971. The molecule has 1 saturated heterocycles. The number of nitrogens with zero attached hydrogens (tertiary/aromatic N) is 2. The van der Waals surface area contributed by atoms with E-state index in [1.165, 1.54) is 12.1 Å². The molecule has 28 heavy (non-hydrogen) atoms. The molecular weight excluding hydrogens is 356 g/mol. The lowest BCUT2D eigenvalue weighted by Crippen LogP contribution is -2.45. The van der Waals surface area contributed by atoms with Gasteiger partial charge in [-0.1, -0.05) is 30.3 Å². The number of rotatable bonds is 5. The smallest absolute Gasteiger partial charge is 0.335 e. The van der Waals surface area contributed by atoms with Crippen molar-refractivity contribution in [2.24, 2.45) is 5.92 Å². The van der Waals surface area contributed by atoms with Crippen LogP contribution >= 0.6 is 0 Å². The van der Waals surface area contributed by atoms with Crippen molar-refractivity contribution < 1.29 is 19.5 Å². The van der Waals surface area contributed by atoms with E-state index in [2.05, 4.69) is 0 Å². The van der Waals surface area contributed by atoms with Crippen molar-refractivity contribution in [3.05, 3.63) is 71.3 Å². The zero-order chi connectivity index (χ0) is 20.1. The quantitative estimate of drug-likeness (QED) is 0.865. The average Bonchev–Trinajstić information content (AvgIpc) is 2.73. The highest BCUT2D eigenvalue weighted by atomic mass is 16.4. The van der Waals surface area contributed by atoms with Crippen LogP contribution in [-0.4, -0.2) is 52.8 Å². The first-order chi connectivity index (χ1) is 13.5. The van der Waals surface area contributed by atoms with Gasteiger partial charge in [0, 0.05) is 32.2 Å². The number of carboxylic acids is 1. The zero-order valence-corrected chi connectivity index (χ0v) is 15.9. The Balaban J connectivity index is 1.61. The molecule has 2 amide bonds. The van der Waals surface area contributed by atoms with Gasteiger partial charge in [0.2, 0.25) is 5.91 Å². The summed E-state index contributed by atoms with van der Waals surface area (Å²) in [6, 6.07) is 15.7. The minimum Gasteiger partial charge on any atom is -0.478 e. The summed E-state index contributed by atoms with van der Waals surface area (Å²) >= 11 is 0. The number of aromatic carboxylic acids is 1. The summed E-state index contributed by atoms with van der Waals surface area (Å²) in [5, 5.41) is 8.97. The van der Waals surface area contributed by atoms with E-state index in [4.69, 9.17) is 5.11 Å². The van der Waals surface area contributed by atoms with Crippen molar-refractivity contribution in [1.29, 1.82) is 0 Å². The standard InChI is InChI=1S/C22H24N2O4/c1-23(14-16-9-11-18(12-10-16)22(27)28)20(25)19-8-5-13-24(15-19)21(26)17-6-3-2-4-7-17/h2-4,6-7,9-12,19H,5,8,13-15H2,1H3,(H,27,28). The Hall–Kier alpha value is -3.15. The van der Waals surface area contributed by atoms with Crippen LogP contribution in [0.3, 0.4) is 0 Å². The summed E-state index contributed by atoms with van der Waals surface area (Å²) in [5.41, 5.74) is 1.73. The third-order valence-electron chi connectivity index (χ3n) is 5.08. The van der Waals surface area contributed by atoms with Gasteiger partial charge in [-0.2, -0.15) is 0 Å². The Morgan fingerprint density at radius 3 is 2.36 bits per heavy atom. The van der Waals surface area contributed by atoms with Gasteiger partial charge in [0.1, 0.15) is 0 Å². The van der Waals surface area contributed by atoms with Crippen molar-refractivity contribution in [3.8, 4) is 0 Å². The molecule has 1 heterocycles. The van der Waals surface area contributed by atoms with Gasteiger partial charge < -0.3 is 14.9 Å². The third-order valence-corrected chi connectivity index (χ3v) is 5.08. The highest BCUT2D eigenvalue weighted by Gasteiger charge is 2.30. The van der Waals surface area contributed by atoms with Crippen molar-refractivity contribution in [2.75, 3.05) is 20.1 Å². The third kappa shape index (κ3) is 4.57. The normalized spacial score (nSPS) is 16.5. The van der Waals surface area contributed by atoms with Crippen molar-refractivity contribution in [1.82, 2.24) is 9.80 Å². The maximum Gasteiger partial charge on any atom is 0.335 e. The molecule has 0 bridgehead atoms. The van der Waals surface area contributed by atoms with Crippen LogP contribution in [0.5, 0.6) is 0 Å². The van der Waals surface area contributed by atoms with Crippen LogP contribution < -0.4 is 0 Å². The maximum atomic E-state index is 12.9. The Morgan fingerprint density at radius 2 is 1.71 bits per heavy atom. The molecule has 0 aromatic heterocycles. The second-order valence-corrected chi connectivity index (χ2v) is 7.15. The Morgan fingerprint density at radius 1 is 1.04 bits per heavy atom. The van der Waals surface area contributed by atoms with E-state index in [9.17, 15) is 14.4 Å². The minimum absolute atomic E-state index is 0.00729. The molecule has 2 aromatic rings. The summed E-state index contributed by atoms with van der Waals surface area (Å²) in [6.45, 7) is 1.49. The van der Waals surface area contributed by atoms with Crippen molar-refractivity contribution in [3.63, 3.8) is 0 Å². The highest BCUT2D eigenvalue weighted by molar-refractivity contribution is 5.94. The van der Waals surface area contributed by atoms with Gasteiger partial charge in [0.15, 0.2) is 0 Å². The molecular formula is C22H24N2O4. The van der Waals surface area contributed by atoms with Gasteiger partial charge in [0.25, 0.3) is 5.91 Å². The van der Waals surface area contributed by atoms with Gasteiger partial charge in [-0.15, -0.1) is 0 Å². The topological polar surface area (TPSA) is 77.9 Å². The van der Waals surface area contributed by atoms with Crippen LogP contribution in [0.25, 0.3) is 0 Å². The number of amides is 2. The van der Waals surface area contributed by atoms with Crippen LogP contribution in [-0.2, 0) is 11.3 Å². The van der Waals surface area contributed by atoms with Gasteiger partial charge in [-0.25, -0.2) is 4.79 Å². The average molecular weight is 380 g/mol. The van der Waals surface area contributed by atoms with Gasteiger partial charge >= 0.3 is 5.97 Å². The molecule has 1 N–H and O–H groups in total. The number of benzene rings is 2. The zero-order valence-electron chi connectivity index (χ0n) is 15.9. The van der Waals surface area contributed by atoms with Crippen molar-refractivity contribution in [2.45, 2.75) is 19.4 Å². The molecule has 1 aliphatic rings.